The normalized spacial score (nSPS) is 10.8. The Bertz CT molecular complexity index is 272. The highest BCUT2D eigenvalue weighted by Crippen LogP contribution is 2.19. The van der Waals surface area contributed by atoms with Gasteiger partial charge in [-0.05, 0) is 13.8 Å². The fourth-order valence-corrected chi connectivity index (χ4v) is 0.848. The molecule has 3 N–H and O–H groups in total. The van der Waals surface area contributed by atoms with Crippen molar-refractivity contribution in [1.82, 2.24) is 5.32 Å². The molecule has 6 nitrogen and oxygen atoms in total. The van der Waals surface area contributed by atoms with Crippen LogP contribution in [0.5, 0.6) is 0 Å². The minimum Gasteiger partial charge on any atom is -0.481 e. The zero-order chi connectivity index (χ0) is 12.1. The predicted molar refractivity (Wildman–Crippen MR) is 51.3 cm³/mol. The van der Waals surface area contributed by atoms with Crippen molar-refractivity contribution in [3.05, 3.63) is 0 Å². The molecule has 0 radical (unpaired) electrons. The fourth-order valence-electron chi connectivity index (χ4n) is 0.848. The van der Waals surface area contributed by atoms with Crippen molar-refractivity contribution in [3.63, 3.8) is 0 Å². The Labute approximate surface area is 87.3 Å². The molecule has 0 atom stereocenters. The van der Waals surface area contributed by atoms with E-state index in [2.05, 4.69) is 5.32 Å². The van der Waals surface area contributed by atoms with Crippen LogP contribution in [0.3, 0.4) is 0 Å². The molecule has 0 aliphatic carbocycles. The Balaban J connectivity index is 3.94. The molecule has 15 heavy (non-hydrogen) atoms. The van der Waals surface area contributed by atoms with Crippen LogP contribution in [-0.2, 0) is 14.4 Å². The van der Waals surface area contributed by atoms with Crippen LogP contribution in [0.2, 0.25) is 0 Å². The van der Waals surface area contributed by atoms with Crippen LogP contribution in [0.4, 0.5) is 0 Å². The number of hydrogen-bond acceptors (Lipinski definition) is 3. The number of rotatable bonds is 6. The molecule has 0 unspecified atom stereocenters. The van der Waals surface area contributed by atoms with Crippen LogP contribution in [0.1, 0.15) is 26.7 Å². The molecule has 0 aromatic carbocycles. The molecule has 0 bridgehead atoms. The maximum Gasteiger partial charge on any atom is 0.309 e. The van der Waals surface area contributed by atoms with Crippen molar-refractivity contribution in [2.24, 2.45) is 5.41 Å². The molecule has 0 heterocycles. The lowest BCUT2D eigenvalue weighted by Gasteiger charge is -2.17. The second-order valence-electron chi connectivity index (χ2n) is 3.86. The number of carbonyl (C=O) groups excluding carboxylic acids is 1. The van der Waals surface area contributed by atoms with Gasteiger partial charge in [0, 0.05) is 13.0 Å². The summed E-state index contributed by atoms with van der Waals surface area (Å²) >= 11 is 0. The first-order valence-electron chi connectivity index (χ1n) is 4.47. The van der Waals surface area contributed by atoms with E-state index in [1.807, 2.05) is 0 Å². The summed E-state index contributed by atoms with van der Waals surface area (Å²) in [6, 6.07) is 0. The zero-order valence-corrected chi connectivity index (χ0v) is 8.74. The topological polar surface area (TPSA) is 104 Å². The highest BCUT2D eigenvalue weighted by atomic mass is 16.4. The Morgan fingerprint density at radius 1 is 1.20 bits per heavy atom. The van der Waals surface area contributed by atoms with Crippen LogP contribution in [0.15, 0.2) is 0 Å². The van der Waals surface area contributed by atoms with Gasteiger partial charge in [0.1, 0.15) is 0 Å². The molecule has 0 fully saturated rings. The third-order valence-electron chi connectivity index (χ3n) is 1.84. The lowest BCUT2D eigenvalue weighted by molar-refractivity contribution is -0.149. The van der Waals surface area contributed by atoms with Crippen LogP contribution in [0, 0.1) is 5.41 Å². The molecule has 0 aromatic rings. The van der Waals surface area contributed by atoms with E-state index in [4.69, 9.17) is 10.2 Å². The summed E-state index contributed by atoms with van der Waals surface area (Å²) in [4.78, 5) is 32.0. The lowest BCUT2D eigenvalue weighted by atomic mass is 9.89. The summed E-state index contributed by atoms with van der Waals surface area (Å²) in [5, 5.41) is 19.4. The molecule has 0 aliphatic heterocycles. The monoisotopic (exact) mass is 217 g/mol. The van der Waals surface area contributed by atoms with Crippen LogP contribution in [-0.4, -0.2) is 34.6 Å². The van der Waals surface area contributed by atoms with Gasteiger partial charge in [0.05, 0.1) is 11.8 Å². The van der Waals surface area contributed by atoms with E-state index >= 15 is 0 Å². The number of carboxylic acids is 2. The van der Waals surface area contributed by atoms with E-state index in [0.717, 1.165) is 0 Å². The summed E-state index contributed by atoms with van der Waals surface area (Å²) in [5.41, 5.74) is -1.13. The van der Waals surface area contributed by atoms with Gasteiger partial charge in [0.15, 0.2) is 0 Å². The molecule has 0 aromatic heterocycles. The molecule has 0 rings (SSSR count). The van der Waals surface area contributed by atoms with Crippen molar-refractivity contribution in [2.75, 3.05) is 6.54 Å². The standard InChI is InChI=1S/C9H15NO5/c1-9(2,8(14)15)5-6(11)10-4-3-7(12)13/h3-5H2,1-2H3,(H,10,11)(H,12,13)(H,14,15). The van der Waals surface area contributed by atoms with Gasteiger partial charge in [0.2, 0.25) is 5.91 Å². The average Bonchev–Trinajstić information content (AvgIpc) is 2.01. The molecular formula is C9H15NO5. The first kappa shape index (κ1) is 13.4. The van der Waals surface area contributed by atoms with E-state index in [1.54, 1.807) is 0 Å². The van der Waals surface area contributed by atoms with E-state index in [0.29, 0.717) is 0 Å². The molecule has 6 heteroatoms. The van der Waals surface area contributed by atoms with Crippen LogP contribution >= 0.6 is 0 Å². The minimum absolute atomic E-state index is 0.0177. The fraction of sp³-hybridized carbons (Fsp3) is 0.667. The number of carboxylic acid groups (broad SMARTS) is 2. The van der Waals surface area contributed by atoms with Gasteiger partial charge in [-0.25, -0.2) is 0 Å². The number of aliphatic carboxylic acids is 2. The molecule has 0 saturated carbocycles. The smallest absolute Gasteiger partial charge is 0.309 e. The first-order chi connectivity index (χ1) is 6.75. The minimum atomic E-state index is -1.13. The largest absolute Gasteiger partial charge is 0.481 e. The number of amides is 1. The highest BCUT2D eigenvalue weighted by molar-refractivity contribution is 5.84. The molecule has 1 amide bonds. The molecule has 86 valence electrons. The Morgan fingerprint density at radius 3 is 2.13 bits per heavy atom. The number of nitrogens with one attached hydrogen (secondary N) is 1. The summed E-state index contributed by atoms with van der Waals surface area (Å²) in [6.45, 7) is 2.89. The van der Waals surface area contributed by atoms with Crippen molar-refractivity contribution in [2.45, 2.75) is 26.7 Å². The molecule has 0 saturated heterocycles. The van der Waals surface area contributed by atoms with Crippen molar-refractivity contribution in [3.8, 4) is 0 Å². The zero-order valence-electron chi connectivity index (χ0n) is 8.74. The van der Waals surface area contributed by atoms with Crippen LogP contribution in [0.25, 0.3) is 0 Å². The van der Waals surface area contributed by atoms with Crippen molar-refractivity contribution >= 4 is 17.8 Å². The molecular weight excluding hydrogens is 202 g/mol. The van der Waals surface area contributed by atoms with Gasteiger partial charge < -0.3 is 15.5 Å². The van der Waals surface area contributed by atoms with E-state index in [-0.39, 0.29) is 19.4 Å². The maximum absolute atomic E-state index is 11.2. The molecule has 0 aliphatic rings. The van der Waals surface area contributed by atoms with Gasteiger partial charge in [-0.1, -0.05) is 0 Å². The quantitative estimate of drug-likeness (QED) is 0.584. The van der Waals surface area contributed by atoms with Crippen LogP contribution < -0.4 is 5.32 Å². The van der Waals surface area contributed by atoms with Gasteiger partial charge in [0.25, 0.3) is 0 Å². The van der Waals surface area contributed by atoms with E-state index in [9.17, 15) is 14.4 Å². The van der Waals surface area contributed by atoms with Gasteiger partial charge in [-0.15, -0.1) is 0 Å². The predicted octanol–water partition coefficient (Wildman–Crippen LogP) is 0.0782. The molecule has 0 spiro atoms. The van der Waals surface area contributed by atoms with Crippen molar-refractivity contribution < 1.29 is 24.6 Å². The Morgan fingerprint density at radius 2 is 1.73 bits per heavy atom. The SMILES string of the molecule is CC(C)(CC(=O)NCCC(=O)O)C(=O)O. The summed E-state index contributed by atoms with van der Waals surface area (Å²) in [6.07, 6.45) is -0.332. The first-order valence-corrected chi connectivity index (χ1v) is 4.47. The van der Waals surface area contributed by atoms with E-state index < -0.39 is 23.3 Å². The van der Waals surface area contributed by atoms with E-state index in [1.165, 1.54) is 13.8 Å². The van der Waals surface area contributed by atoms with Gasteiger partial charge >= 0.3 is 11.9 Å². The van der Waals surface area contributed by atoms with Gasteiger partial charge in [-0.3, -0.25) is 14.4 Å². The number of hydrogen-bond donors (Lipinski definition) is 3. The summed E-state index contributed by atoms with van der Waals surface area (Å²) < 4.78 is 0. The summed E-state index contributed by atoms with van der Waals surface area (Å²) in [5.74, 6) is -2.52. The second-order valence-corrected chi connectivity index (χ2v) is 3.86. The Kier molecular flexibility index (Phi) is 4.77. The summed E-state index contributed by atoms with van der Waals surface area (Å²) in [7, 11) is 0. The third kappa shape index (κ3) is 5.66. The Hall–Kier alpha value is -1.59. The second kappa shape index (κ2) is 5.33. The maximum atomic E-state index is 11.2. The van der Waals surface area contributed by atoms with Crippen molar-refractivity contribution in [1.29, 1.82) is 0 Å². The number of carbonyl (C=O) groups is 3. The average molecular weight is 217 g/mol. The third-order valence-corrected chi connectivity index (χ3v) is 1.84. The highest BCUT2D eigenvalue weighted by Gasteiger charge is 2.29. The van der Waals surface area contributed by atoms with Gasteiger partial charge in [-0.2, -0.15) is 0 Å². The lowest BCUT2D eigenvalue weighted by Crippen LogP contribution is -2.34.